The number of para-hydroxylation sites is 1. The second-order valence-corrected chi connectivity index (χ2v) is 7.90. The van der Waals surface area contributed by atoms with Crippen molar-refractivity contribution in [2.45, 2.75) is 104 Å². The molecule has 0 aliphatic rings. The van der Waals surface area contributed by atoms with E-state index in [1.54, 1.807) is 0 Å². The van der Waals surface area contributed by atoms with E-state index >= 15 is 0 Å². The van der Waals surface area contributed by atoms with E-state index in [1.165, 1.54) is 95.0 Å². The fourth-order valence-corrected chi connectivity index (χ4v) is 3.85. The van der Waals surface area contributed by atoms with E-state index in [9.17, 15) is 0 Å². The summed E-state index contributed by atoms with van der Waals surface area (Å²) < 4.78 is 4.87. The highest BCUT2D eigenvalue weighted by Crippen LogP contribution is 2.14. The molecule has 0 saturated heterocycles. The van der Waals surface area contributed by atoms with Crippen molar-refractivity contribution in [3.63, 3.8) is 0 Å². The zero-order valence-corrected chi connectivity index (χ0v) is 17.8. The summed E-state index contributed by atoms with van der Waals surface area (Å²) in [6, 6.07) is 10.8. The Balaban J connectivity index is 1.77. The smallest absolute Gasteiger partial charge is 0.234 e. The maximum absolute atomic E-state index is 2.48. The average molecular weight is 370 g/mol. The lowest BCUT2D eigenvalue weighted by Crippen LogP contribution is -2.37. The highest BCUT2D eigenvalue weighted by atomic mass is 15.1. The number of hydrogen-bond donors (Lipinski definition) is 0. The van der Waals surface area contributed by atoms with Crippen molar-refractivity contribution in [3.05, 3.63) is 48.5 Å². The molecular formula is C25H41N2+. The van der Waals surface area contributed by atoms with E-state index < -0.39 is 0 Å². The summed E-state index contributed by atoms with van der Waals surface area (Å²) in [5, 5.41) is 0. The van der Waals surface area contributed by atoms with Crippen LogP contribution in [0.15, 0.2) is 42.7 Å². The summed E-state index contributed by atoms with van der Waals surface area (Å²) in [7, 11) is 0. The molecule has 2 aromatic rings. The van der Waals surface area contributed by atoms with Crippen LogP contribution in [-0.2, 0) is 13.0 Å². The minimum absolute atomic E-state index is 1.14. The number of unbranched alkanes of at least 4 members (excludes halogenated alkanes) is 10. The standard InChI is InChI=1S/C25H41N2/c1-3-5-7-8-9-10-11-12-13-17-20-25-26(21-6-4-2)22-23-27(25)24-18-15-14-16-19-24/h14-16,18-19,22-23H,3-13,17,20-21H2,1-2H3/q+1. The summed E-state index contributed by atoms with van der Waals surface area (Å²) in [6.45, 7) is 5.71. The lowest BCUT2D eigenvalue weighted by molar-refractivity contribution is -0.703. The Bertz CT molecular complexity index is 600. The van der Waals surface area contributed by atoms with Crippen LogP contribution in [0.5, 0.6) is 0 Å². The third-order valence-electron chi connectivity index (χ3n) is 5.55. The lowest BCUT2D eigenvalue weighted by atomic mass is 10.1. The number of imidazole rings is 1. The Morgan fingerprint density at radius 3 is 1.93 bits per heavy atom. The predicted octanol–water partition coefficient (Wildman–Crippen LogP) is 7.03. The van der Waals surface area contributed by atoms with Gasteiger partial charge in [-0.25, -0.2) is 4.57 Å². The van der Waals surface area contributed by atoms with E-state index in [-0.39, 0.29) is 0 Å². The molecule has 0 aliphatic carbocycles. The van der Waals surface area contributed by atoms with Gasteiger partial charge < -0.3 is 0 Å². The van der Waals surface area contributed by atoms with Gasteiger partial charge in [0.05, 0.1) is 6.54 Å². The van der Waals surface area contributed by atoms with Gasteiger partial charge in [0.15, 0.2) is 0 Å². The first kappa shape index (κ1) is 21.7. The van der Waals surface area contributed by atoms with Crippen molar-refractivity contribution in [2.75, 3.05) is 0 Å². The molecule has 0 aliphatic heterocycles. The van der Waals surface area contributed by atoms with Crippen LogP contribution in [0.4, 0.5) is 0 Å². The van der Waals surface area contributed by atoms with Gasteiger partial charge in [0.25, 0.3) is 5.82 Å². The Kier molecular flexibility index (Phi) is 10.9. The van der Waals surface area contributed by atoms with Crippen LogP contribution in [0, 0.1) is 0 Å². The van der Waals surface area contributed by atoms with E-state index in [1.807, 2.05) is 0 Å². The van der Waals surface area contributed by atoms with Crippen LogP contribution in [0.3, 0.4) is 0 Å². The molecule has 0 N–H and O–H groups in total. The fourth-order valence-electron chi connectivity index (χ4n) is 3.85. The Labute approximate surface area is 167 Å². The molecule has 0 fully saturated rings. The molecule has 1 aromatic carbocycles. The minimum atomic E-state index is 1.14. The highest BCUT2D eigenvalue weighted by Gasteiger charge is 2.17. The van der Waals surface area contributed by atoms with Gasteiger partial charge in [-0.15, -0.1) is 0 Å². The molecule has 0 bridgehead atoms. The number of hydrogen-bond acceptors (Lipinski definition) is 0. The van der Waals surface area contributed by atoms with Gasteiger partial charge in [0.1, 0.15) is 18.1 Å². The van der Waals surface area contributed by atoms with Crippen molar-refractivity contribution >= 4 is 0 Å². The summed E-state index contributed by atoms with van der Waals surface area (Å²) >= 11 is 0. The van der Waals surface area contributed by atoms with E-state index in [0.717, 1.165) is 6.54 Å². The number of benzene rings is 1. The van der Waals surface area contributed by atoms with Crippen molar-refractivity contribution < 1.29 is 4.57 Å². The fraction of sp³-hybridized carbons (Fsp3) is 0.640. The Hall–Kier alpha value is -1.57. The van der Waals surface area contributed by atoms with Crippen LogP contribution >= 0.6 is 0 Å². The number of aromatic nitrogens is 2. The summed E-state index contributed by atoms with van der Waals surface area (Å²) in [4.78, 5) is 0. The summed E-state index contributed by atoms with van der Waals surface area (Å²) in [6.07, 6.45) is 22.2. The van der Waals surface area contributed by atoms with Gasteiger partial charge in [-0.1, -0.05) is 96.3 Å². The second-order valence-electron chi connectivity index (χ2n) is 7.90. The molecule has 0 spiro atoms. The SMILES string of the molecule is CCCCCCCCCCCCc1n(-c2ccccc2)cc[n+]1CCCC. The molecule has 1 aromatic heterocycles. The monoisotopic (exact) mass is 369 g/mol. The van der Waals surface area contributed by atoms with Gasteiger partial charge in [-0.3, -0.25) is 0 Å². The quantitative estimate of drug-likeness (QED) is 0.235. The number of aryl methyl sites for hydroxylation is 1. The average Bonchev–Trinajstić information content (AvgIpc) is 3.11. The lowest BCUT2D eigenvalue weighted by Gasteiger charge is -2.06. The van der Waals surface area contributed by atoms with Crippen LogP contribution in [-0.4, -0.2) is 4.57 Å². The Morgan fingerprint density at radius 2 is 1.30 bits per heavy atom. The van der Waals surface area contributed by atoms with E-state index in [4.69, 9.17) is 0 Å². The largest absolute Gasteiger partial charge is 0.261 e. The first-order chi connectivity index (χ1) is 13.4. The van der Waals surface area contributed by atoms with Crippen LogP contribution in [0.2, 0.25) is 0 Å². The molecular weight excluding hydrogens is 328 g/mol. The van der Waals surface area contributed by atoms with Gasteiger partial charge >= 0.3 is 0 Å². The number of nitrogens with zero attached hydrogens (tertiary/aromatic N) is 2. The minimum Gasteiger partial charge on any atom is -0.234 e. The highest BCUT2D eigenvalue weighted by molar-refractivity contribution is 5.31. The molecule has 0 saturated carbocycles. The number of rotatable bonds is 15. The van der Waals surface area contributed by atoms with Gasteiger partial charge in [0.2, 0.25) is 0 Å². The topological polar surface area (TPSA) is 8.81 Å². The summed E-state index contributed by atoms with van der Waals surface area (Å²) in [5.41, 5.74) is 1.29. The normalized spacial score (nSPS) is 11.2. The van der Waals surface area contributed by atoms with Crippen molar-refractivity contribution in [1.29, 1.82) is 0 Å². The Morgan fingerprint density at radius 1 is 0.704 bits per heavy atom. The molecule has 0 atom stereocenters. The molecule has 2 nitrogen and oxygen atoms in total. The molecule has 0 radical (unpaired) electrons. The maximum Gasteiger partial charge on any atom is 0.261 e. The van der Waals surface area contributed by atoms with Crippen molar-refractivity contribution in [1.82, 2.24) is 4.57 Å². The molecule has 2 heteroatoms. The molecule has 150 valence electrons. The van der Waals surface area contributed by atoms with Crippen LogP contribution < -0.4 is 4.57 Å². The molecule has 2 rings (SSSR count). The van der Waals surface area contributed by atoms with E-state index in [2.05, 4.69) is 65.7 Å². The first-order valence-corrected chi connectivity index (χ1v) is 11.5. The third kappa shape index (κ3) is 7.91. The maximum atomic E-state index is 2.48. The van der Waals surface area contributed by atoms with Crippen LogP contribution in [0.25, 0.3) is 5.69 Å². The predicted molar refractivity (Wildman–Crippen MR) is 116 cm³/mol. The molecule has 0 unspecified atom stereocenters. The summed E-state index contributed by atoms with van der Waals surface area (Å²) in [5.74, 6) is 1.47. The zero-order chi connectivity index (χ0) is 19.2. The van der Waals surface area contributed by atoms with Crippen molar-refractivity contribution in [3.8, 4) is 5.69 Å². The second kappa shape index (κ2) is 13.6. The van der Waals surface area contributed by atoms with Gasteiger partial charge in [-0.05, 0) is 25.0 Å². The third-order valence-corrected chi connectivity index (χ3v) is 5.55. The molecule has 0 amide bonds. The van der Waals surface area contributed by atoms with Crippen molar-refractivity contribution in [2.24, 2.45) is 0 Å². The molecule has 1 heterocycles. The first-order valence-electron chi connectivity index (χ1n) is 11.5. The van der Waals surface area contributed by atoms with Crippen LogP contribution in [0.1, 0.15) is 96.7 Å². The van der Waals surface area contributed by atoms with Gasteiger partial charge in [0, 0.05) is 6.42 Å². The molecule has 27 heavy (non-hydrogen) atoms. The zero-order valence-electron chi connectivity index (χ0n) is 17.8. The van der Waals surface area contributed by atoms with E-state index in [0.29, 0.717) is 0 Å². The van der Waals surface area contributed by atoms with Gasteiger partial charge in [-0.2, -0.15) is 4.57 Å².